The zero-order chi connectivity index (χ0) is 11.0. The summed E-state index contributed by atoms with van der Waals surface area (Å²) in [6.45, 7) is 0. The van der Waals surface area contributed by atoms with Crippen molar-refractivity contribution in [2.24, 2.45) is 0 Å². The maximum absolute atomic E-state index is 11.3. The number of nitrogens with zero attached hydrogens (tertiary/aromatic N) is 1. The molecule has 1 aromatic carbocycles. The van der Waals surface area contributed by atoms with Gasteiger partial charge in [-0.1, -0.05) is 12.1 Å². The summed E-state index contributed by atoms with van der Waals surface area (Å²) in [5.74, 6) is 0.762. The molecule has 3 nitrogen and oxygen atoms in total. The second-order valence-electron chi connectivity index (χ2n) is 3.98. The lowest BCUT2D eigenvalue weighted by Gasteiger charge is -2.07. The minimum Gasteiger partial charge on any atom is -0.436 e. The van der Waals surface area contributed by atoms with Crippen LogP contribution in [-0.4, -0.2) is 10.8 Å². The minimum atomic E-state index is 0.170. The molecule has 0 amide bonds. The van der Waals surface area contributed by atoms with Gasteiger partial charge in [0.2, 0.25) is 5.89 Å². The number of benzene rings is 1. The molecule has 1 heterocycles. The molecule has 1 aromatic heterocycles. The second kappa shape index (κ2) is 3.59. The van der Waals surface area contributed by atoms with Crippen LogP contribution in [0.2, 0.25) is 0 Å². The SMILES string of the molecule is O=C1C=C(c2nc3ccccc3o2)CCC1. The number of carbonyl (C=O) groups excluding carboxylic acids is 1. The summed E-state index contributed by atoms with van der Waals surface area (Å²) in [6, 6.07) is 7.64. The maximum atomic E-state index is 11.3. The van der Waals surface area contributed by atoms with Crippen molar-refractivity contribution in [1.82, 2.24) is 4.98 Å². The Labute approximate surface area is 92.8 Å². The number of fused-ring (bicyclic) bond motifs is 1. The van der Waals surface area contributed by atoms with Gasteiger partial charge < -0.3 is 4.42 Å². The summed E-state index contributed by atoms with van der Waals surface area (Å²) < 4.78 is 5.62. The van der Waals surface area contributed by atoms with E-state index in [9.17, 15) is 4.79 Å². The van der Waals surface area contributed by atoms with Crippen molar-refractivity contribution in [2.45, 2.75) is 19.3 Å². The Morgan fingerprint density at radius 3 is 2.88 bits per heavy atom. The maximum Gasteiger partial charge on any atom is 0.223 e. The predicted molar refractivity (Wildman–Crippen MR) is 60.8 cm³/mol. The molecule has 3 rings (SSSR count). The summed E-state index contributed by atoms with van der Waals surface area (Å²) in [5.41, 5.74) is 2.54. The average Bonchev–Trinajstić information content (AvgIpc) is 2.72. The van der Waals surface area contributed by atoms with Gasteiger partial charge in [-0.15, -0.1) is 0 Å². The predicted octanol–water partition coefficient (Wildman–Crippen LogP) is 2.96. The highest BCUT2D eigenvalue weighted by atomic mass is 16.3. The number of carbonyl (C=O) groups is 1. The molecule has 0 saturated carbocycles. The van der Waals surface area contributed by atoms with Gasteiger partial charge in [0.25, 0.3) is 0 Å². The van der Waals surface area contributed by atoms with Crippen molar-refractivity contribution >= 4 is 22.5 Å². The first-order valence-electron chi connectivity index (χ1n) is 5.42. The quantitative estimate of drug-likeness (QED) is 0.731. The molecular formula is C13H11NO2. The Bertz CT molecular complexity index is 547. The fraction of sp³-hybridized carbons (Fsp3) is 0.231. The van der Waals surface area contributed by atoms with Crippen LogP contribution in [0.4, 0.5) is 0 Å². The third kappa shape index (κ3) is 1.54. The molecule has 0 saturated heterocycles. The number of allylic oxidation sites excluding steroid dienone is 2. The van der Waals surface area contributed by atoms with Crippen LogP contribution < -0.4 is 0 Å². The van der Waals surface area contributed by atoms with Crippen LogP contribution in [0.5, 0.6) is 0 Å². The molecule has 1 aliphatic carbocycles. The highest BCUT2D eigenvalue weighted by Crippen LogP contribution is 2.27. The van der Waals surface area contributed by atoms with Gasteiger partial charge in [-0.05, 0) is 31.1 Å². The normalized spacial score (nSPS) is 16.5. The molecule has 0 N–H and O–H groups in total. The van der Waals surface area contributed by atoms with E-state index in [1.807, 2.05) is 24.3 Å². The van der Waals surface area contributed by atoms with E-state index in [2.05, 4.69) is 4.98 Å². The minimum absolute atomic E-state index is 0.170. The topological polar surface area (TPSA) is 43.1 Å². The Kier molecular flexibility index (Phi) is 2.10. The van der Waals surface area contributed by atoms with Gasteiger partial charge in [0, 0.05) is 12.0 Å². The Balaban J connectivity index is 2.09. The van der Waals surface area contributed by atoms with Crippen LogP contribution in [0.3, 0.4) is 0 Å². The first-order valence-corrected chi connectivity index (χ1v) is 5.42. The zero-order valence-corrected chi connectivity index (χ0v) is 8.77. The van der Waals surface area contributed by atoms with Gasteiger partial charge in [0.1, 0.15) is 5.52 Å². The van der Waals surface area contributed by atoms with E-state index in [0.29, 0.717) is 12.3 Å². The molecule has 2 aromatic rings. The number of para-hydroxylation sites is 2. The molecule has 0 bridgehead atoms. The molecule has 0 spiro atoms. The average molecular weight is 213 g/mol. The van der Waals surface area contributed by atoms with Gasteiger partial charge >= 0.3 is 0 Å². The highest BCUT2D eigenvalue weighted by Gasteiger charge is 2.16. The molecule has 0 radical (unpaired) electrons. The third-order valence-corrected chi connectivity index (χ3v) is 2.77. The van der Waals surface area contributed by atoms with E-state index in [4.69, 9.17) is 4.42 Å². The van der Waals surface area contributed by atoms with Crippen LogP contribution in [0.25, 0.3) is 16.7 Å². The lowest BCUT2D eigenvalue weighted by Crippen LogP contribution is -2.01. The molecule has 0 atom stereocenters. The lowest BCUT2D eigenvalue weighted by molar-refractivity contribution is -0.114. The third-order valence-electron chi connectivity index (χ3n) is 2.77. The lowest BCUT2D eigenvalue weighted by atomic mass is 9.99. The van der Waals surface area contributed by atoms with Gasteiger partial charge in [0.05, 0.1) is 0 Å². The second-order valence-corrected chi connectivity index (χ2v) is 3.98. The number of oxazole rings is 1. The van der Waals surface area contributed by atoms with Crippen molar-refractivity contribution in [3.8, 4) is 0 Å². The number of ketones is 1. The van der Waals surface area contributed by atoms with E-state index >= 15 is 0 Å². The van der Waals surface area contributed by atoms with E-state index in [-0.39, 0.29) is 5.78 Å². The summed E-state index contributed by atoms with van der Waals surface area (Å²) >= 11 is 0. The molecule has 1 aliphatic rings. The first-order chi connectivity index (χ1) is 7.83. The van der Waals surface area contributed by atoms with E-state index in [1.165, 1.54) is 0 Å². The molecule has 0 unspecified atom stereocenters. The number of aromatic nitrogens is 1. The Hall–Kier alpha value is -1.90. The largest absolute Gasteiger partial charge is 0.436 e. The van der Waals surface area contributed by atoms with Crippen LogP contribution in [0, 0.1) is 0 Å². The van der Waals surface area contributed by atoms with E-state index < -0.39 is 0 Å². The molecular weight excluding hydrogens is 202 g/mol. The van der Waals surface area contributed by atoms with Crippen LogP contribution in [0.15, 0.2) is 34.8 Å². The number of hydrogen-bond donors (Lipinski definition) is 0. The summed E-state index contributed by atoms with van der Waals surface area (Å²) in [6.07, 6.45) is 4.07. The monoisotopic (exact) mass is 213 g/mol. The van der Waals surface area contributed by atoms with Crippen LogP contribution in [-0.2, 0) is 4.79 Å². The Morgan fingerprint density at radius 1 is 1.19 bits per heavy atom. The van der Waals surface area contributed by atoms with Crippen LogP contribution in [0.1, 0.15) is 25.2 Å². The van der Waals surface area contributed by atoms with Gasteiger partial charge in [-0.25, -0.2) is 4.98 Å². The van der Waals surface area contributed by atoms with E-state index in [0.717, 1.165) is 29.5 Å². The van der Waals surface area contributed by atoms with E-state index in [1.54, 1.807) is 6.08 Å². The number of rotatable bonds is 1. The standard InChI is InChI=1S/C13H11NO2/c15-10-5-3-4-9(8-10)13-14-11-6-1-2-7-12(11)16-13/h1-2,6-8H,3-5H2. The van der Waals surface area contributed by atoms with Crippen molar-refractivity contribution in [3.05, 3.63) is 36.2 Å². The van der Waals surface area contributed by atoms with Crippen LogP contribution >= 0.6 is 0 Å². The fourth-order valence-electron chi connectivity index (χ4n) is 1.97. The van der Waals surface area contributed by atoms with Gasteiger partial charge in [-0.3, -0.25) is 4.79 Å². The number of hydrogen-bond acceptors (Lipinski definition) is 3. The van der Waals surface area contributed by atoms with Gasteiger partial charge in [-0.2, -0.15) is 0 Å². The smallest absolute Gasteiger partial charge is 0.223 e. The van der Waals surface area contributed by atoms with Crippen molar-refractivity contribution in [3.63, 3.8) is 0 Å². The molecule has 80 valence electrons. The summed E-state index contributed by atoms with van der Waals surface area (Å²) in [7, 11) is 0. The summed E-state index contributed by atoms with van der Waals surface area (Å²) in [4.78, 5) is 15.7. The molecule has 3 heteroatoms. The van der Waals surface area contributed by atoms with Crippen molar-refractivity contribution in [2.75, 3.05) is 0 Å². The first kappa shape index (κ1) is 9.33. The zero-order valence-electron chi connectivity index (χ0n) is 8.77. The highest BCUT2D eigenvalue weighted by molar-refractivity contribution is 5.97. The molecule has 0 fully saturated rings. The summed E-state index contributed by atoms with van der Waals surface area (Å²) in [5, 5.41) is 0. The molecule has 0 aliphatic heterocycles. The van der Waals surface area contributed by atoms with Crippen molar-refractivity contribution in [1.29, 1.82) is 0 Å². The Morgan fingerprint density at radius 2 is 2.06 bits per heavy atom. The van der Waals surface area contributed by atoms with Crippen molar-refractivity contribution < 1.29 is 9.21 Å². The molecule has 16 heavy (non-hydrogen) atoms. The van der Waals surface area contributed by atoms with Gasteiger partial charge in [0.15, 0.2) is 11.4 Å². The fourth-order valence-corrected chi connectivity index (χ4v) is 1.97.